The molecule has 0 aliphatic carbocycles. The second-order valence-corrected chi connectivity index (χ2v) is 5.90. The Balaban J connectivity index is 1.86. The molecule has 0 aromatic heterocycles. The molecule has 0 radical (unpaired) electrons. The monoisotopic (exact) mass is 295 g/mol. The first-order valence-electron chi connectivity index (χ1n) is 7.05. The van der Waals surface area contributed by atoms with Crippen LogP contribution in [0.15, 0.2) is 18.2 Å². The van der Waals surface area contributed by atoms with Gasteiger partial charge in [-0.1, -0.05) is 24.4 Å². The van der Waals surface area contributed by atoms with Crippen LogP contribution in [-0.2, 0) is 6.54 Å². The van der Waals surface area contributed by atoms with Gasteiger partial charge in [-0.2, -0.15) is 0 Å². The normalized spacial score (nSPS) is 15.9. The Labute approximate surface area is 125 Å². The highest BCUT2D eigenvalue weighted by Gasteiger charge is 2.13. The van der Waals surface area contributed by atoms with E-state index in [0.717, 1.165) is 13.1 Å². The number of hydrogen-bond donors (Lipinski definition) is 1. The average Bonchev–Trinajstić information content (AvgIpc) is 2.91. The minimum Gasteiger partial charge on any atom is -0.389 e. The highest BCUT2D eigenvalue weighted by atomic mass is 32.1. The Morgan fingerprint density at radius 2 is 2.10 bits per heavy atom. The summed E-state index contributed by atoms with van der Waals surface area (Å²) in [5.41, 5.74) is 6.77. The summed E-state index contributed by atoms with van der Waals surface area (Å²) in [5.74, 6) is -0.233. The van der Waals surface area contributed by atoms with E-state index < -0.39 is 0 Å². The minimum absolute atomic E-state index is 0.233. The van der Waals surface area contributed by atoms with Crippen LogP contribution in [0.25, 0.3) is 0 Å². The van der Waals surface area contributed by atoms with Crippen LogP contribution in [0.5, 0.6) is 0 Å². The molecule has 110 valence electrons. The molecule has 1 heterocycles. The van der Waals surface area contributed by atoms with E-state index >= 15 is 0 Å². The van der Waals surface area contributed by atoms with Gasteiger partial charge in [0, 0.05) is 30.8 Å². The van der Waals surface area contributed by atoms with Crippen molar-refractivity contribution in [2.24, 2.45) is 5.73 Å². The Morgan fingerprint density at radius 1 is 1.40 bits per heavy atom. The zero-order chi connectivity index (χ0) is 14.5. The molecule has 0 saturated carbocycles. The van der Waals surface area contributed by atoms with Crippen molar-refractivity contribution >= 4 is 17.2 Å². The molecule has 1 saturated heterocycles. The molecule has 0 spiro atoms. The Hall–Kier alpha value is -1.04. The van der Waals surface area contributed by atoms with Gasteiger partial charge in [0.05, 0.1) is 0 Å². The highest BCUT2D eigenvalue weighted by Crippen LogP contribution is 2.13. The van der Waals surface area contributed by atoms with Crippen molar-refractivity contribution < 1.29 is 4.39 Å². The van der Waals surface area contributed by atoms with Crippen LogP contribution in [-0.4, -0.2) is 48.0 Å². The Morgan fingerprint density at radius 3 is 2.70 bits per heavy atom. The van der Waals surface area contributed by atoms with E-state index in [1.807, 2.05) is 7.05 Å². The molecule has 1 aliphatic heterocycles. The lowest BCUT2D eigenvalue weighted by Gasteiger charge is -2.21. The van der Waals surface area contributed by atoms with E-state index in [0.29, 0.717) is 17.7 Å². The predicted octanol–water partition coefficient (Wildman–Crippen LogP) is 1.99. The largest absolute Gasteiger partial charge is 0.389 e. The van der Waals surface area contributed by atoms with Crippen molar-refractivity contribution in [3.63, 3.8) is 0 Å². The number of rotatable bonds is 6. The van der Waals surface area contributed by atoms with Crippen LogP contribution < -0.4 is 5.73 Å². The fourth-order valence-corrected chi connectivity index (χ4v) is 2.64. The smallest absolute Gasteiger partial charge is 0.128 e. The Bertz CT molecular complexity index is 472. The van der Waals surface area contributed by atoms with Crippen LogP contribution in [0, 0.1) is 5.82 Å². The van der Waals surface area contributed by atoms with E-state index in [9.17, 15) is 4.39 Å². The first-order valence-corrected chi connectivity index (χ1v) is 7.46. The molecular formula is C15H22FN3S. The summed E-state index contributed by atoms with van der Waals surface area (Å²) in [6.07, 6.45) is 2.61. The second-order valence-electron chi connectivity index (χ2n) is 5.46. The maximum Gasteiger partial charge on any atom is 0.128 e. The number of halogens is 1. The van der Waals surface area contributed by atoms with Crippen LogP contribution in [0.1, 0.15) is 24.0 Å². The van der Waals surface area contributed by atoms with Gasteiger partial charge in [0.15, 0.2) is 0 Å². The van der Waals surface area contributed by atoms with Crippen LogP contribution in [0.2, 0.25) is 0 Å². The number of likely N-dealkylation sites (tertiary alicyclic amines) is 1. The first kappa shape index (κ1) is 15.4. The summed E-state index contributed by atoms with van der Waals surface area (Å²) >= 11 is 4.85. The maximum absolute atomic E-state index is 14.0. The summed E-state index contributed by atoms with van der Waals surface area (Å²) in [5, 5.41) is 0. The molecule has 20 heavy (non-hydrogen) atoms. The molecule has 2 N–H and O–H groups in total. The molecule has 1 aliphatic rings. The molecule has 1 aromatic carbocycles. The van der Waals surface area contributed by atoms with Gasteiger partial charge >= 0.3 is 0 Å². The SMILES string of the molecule is CN(CCN1CCCC1)Cc1ccc(C(N)=S)cc1F. The van der Waals surface area contributed by atoms with Gasteiger partial charge < -0.3 is 15.5 Å². The third-order valence-corrected chi connectivity index (χ3v) is 4.01. The summed E-state index contributed by atoms with van der Waals surface area (Å²) < 4.78 is 14.0. The van der Waals surface area contributed by atoms with Gasteiger partial charge in [-0.15, -0.1) is 0 Å². The number of nitrogens with two attached hydrogens (primary N) is 1. The van der Waals surface area contributed by atoms with Crippen molar-refractivity contribution in [2.75, 3.05) is 33.2 Å². The van der Waals surface area contributed by atoms with E-state index in [1.165, 1.54) is 32.0 Å². The van der Waals surface area contributed by atoms with Gasteiger partial charge in [-0.3, -0.25) is 0 Å². The molecular weight excluding hydrogens is 273 g/mol. The zero-order valence-corrected chi connectivity index (χ0v) is 12.8. The summed E-state index contributed by atoms with van der Waals surface area (Å²) in [7, 11) is 2.02. The number of nitrogens with zero attached hydrogens (tertiary/aromatic N) is 2. The lowest BCUT2D eigenvalue weighted by molar-refractivity contribution is 0.250. The second kappa shape index (κ2) is 7.11. The topological polar surface area (TPSA) is 32.5 Å². The third-order valence-electron chi connectivity index (χ3n) is 3.77. The van der Waals surface area contributed by atoms with Crippen molar-refractivity contribution in [3.05, 3.63) is 35.1 Å². The maximum atomic E-state index is 14.0. The van der Waals surface area contributed by atoms with Crippen molar-refractivity contribution in [2.45, 2.75) is 19.4 Å². The fraction of sp³-hybridized carbons (Fsp3) is 0.533. The summed E-state index contributed by atoms with van der Waals surface area (Å²) in [4.78, 5) is 4.85. The molecule has 0 bridgehead atoms. The first-order chi connectivity index (χ1) is 9.56. The van der Waals surface area contributed by atoms with E-state index in [-0.39, 0.29) is 10.8 Å². The Kier molecular flexibility index (Phi) is 5.46. The molecule has 0 atom stereocenters. The minimum atomic E-state index is -0.233. The average molecular weight is 295 g/mol. The molecule has 1 fully saturated rings. The molecule has 1 aromatic rings. The zero-order valence-electron chi connectivity index (χ0n) is 11.9. The van der Waals surface area contributed by atoms with Gasteiger partial charge in [-0.05, 0) is 39.0 Å². The number of hydrogen-bond acceptors (Lipinski definition) is 3. The standard InChI is InChI=1S/C15H22FN3S/c1-18(8-9-19-6-2-3-7-19)11-13-5-4-12(15(17)20)10-14(13)16/h4-5,10H,2-3,6-9,11H2,1H3,(H2,17,20). The van der Waals surface area contributed by atoms with E-state index in [1.54, 1.807) is 12.1 Å². The molecule has 3 nitrogen and oxygen atoms in total. The van der Waals surface area contributed by atoms with Gasteiger partial charge in [0.1, 0.15) is 10.8 Å². The van der Waals surface area contributed by atoms with Crippen LogP contribution in [0.3, 0.4) is 0 Å². The van der Waals surface area contributed by atoms with Crippen molar-refractivity contribution in [3.8, 4) is 0 Å². The highest BCUT2D eigenvalue weighted by molar-refractivity contribution is 7.80. The van der Waals surface area contributed by atoms with E-state index in [4.69, 9.17) is 18.0 Å². The molecule has 0 amide bonds. The predicted molar refractivity (Wildman–Crippen MR) is 84.3 cm³/mol. The molecule has 5 heteroatoms. The molecule has 2 rings (SSSR count). The fourth-order valence-electron chi connectivity index (χ4n) is 2.52. The number of thiocarbonyl (C=S) groups is 1. The quantitative estimate of drug-likeness (QED) is 0.814. The molecule has 0 unspecified atom stereocenters. The van der Waals surface area contributed by atoms with Crippen molar-refractivity contribution in [1.82, 2.24) is 9.80 Å². The van der Waals surface area contributed by atoms with Gasteiger partial charge in [0.25, 0.3) is 0 Å². The number of likely N-dealkylation sites (N-methyl/N-ethyl adjacent to an activating group) is 1. The third kappa shape index (κ3) is 4.23. The van der Waals surface area contributed by atoms with Gasteiger partial charge in [-0.25, -0.2) is 4.39 Å². The van der Waals surface area contributed by atoms with E-state index in [2.05, 4.69) is 9.80 Å². The summed E-state index contributed by atoms with van der Waals surface area (Å²) in [6.45, 7) is 5.02. The summed E-state index contributed by atoms with van der Waals surface area (Å²) in [6, 6.07) is 4.98. The lowest BCUT2D eigenvalue weighted by Crippen LogP contribution is -2.31. The lowest BCUT2D eigenvalue weighted by atomic mass is 10.1. The van der Waals surface area contributed by atoms with Crippen LogP contribution in [0.4, 0.5) is 4.39 Å². The van der Waals surface area contributed by atoms with Crippen LogP contribution >= 0.6 is 12.2 Å². The van der Waals surface area contributed by atoms with Gasteiger partial charge in [0.2, 0.25) is 0 Å². The number of benzene rings is 1. The van der Waals surface area contributed by atoms with Crippen molar-refractivity contribution in [1.29, 1.82) is 0 Å².